The Bertz CT molecular complexity index is 1250. The largest absolute Gasteiger partial charge is 0.467 e. The standard InChI is InChI=1S/C25H20FN3O3S/c1-16-5-2-3-6-17(16)13-22-24(31)29(19-10-8-18(26)9-11-19)25(33-22)21(14-27)23(30)28-15-20-7-4-12-32-20/h2-12,22H,13,15H2,1H3,(H,28,30). The Kier molecular flexibility index (Phi) is 6.61. The highest BCUT2D eigenvalue weighted by Crippen LogP contribution is 2.42. The van der Waals surface area contributed by atoms with Gasteiger partial charge in [0.25, 0.3) is 5.91 Å². The number of anilines is 1. The van der Waals surface area contributed by atoms with Gasteiger partial charge < -0.3 is 9.73 Å². The Morgan fingerprint density at radius 3 is 2.61 bits per heavy atom. The van der Waals surface area contributed by atoms with Crippen molar-refractivity contribution in [2.45, 2.75) is 25.1 Å². The maximum atomic E-state index is 13.5. The van der Waals surface area contributed by atoms with E-state index < -0.39 is 17.0 Å². The number of amides is 2. The third-order valence-corrected chi connectivity index (χ3v) is 6.52. The maximum Gasteiger partial charge on any atom is 0.265 e. The van der Waals surface area contributed by atoms with E-state index in [0.29, 0.717) is 17.9 Å². The number of thioether (sulfide) groups is 1. The van der Waals surface area contributed by atoms with Crippen molar-refractivity contribution < 1.29 is 18.4 Å². The van der Waals surface area contributed by atoms with Crippen molar-refractivity contribution in [2.75, 3.05) is 4.90 Å². The second kappa shape index (κ2) is 9.76. The predicted molar refractivity (Wildman–Crippen MR) is 123 cm³/mol. The molecular formula is C25H20FN3O3S. The molecule has 6 nitrogen and oxygen atoms in total. The number of nitriles is 1. The van der Waals surface area contributed by atoms with Gasteiger partial charge >= 0.3 is 0 Å². The van der Waals surface area contributed by atoms with E-state index in [1.165, 1.54) is 47.2 Å². The SMILES string of the molecule is Cc1ccccc1CC1SC(=C(C#N)C(=O)NCc2ccco2)N(c2ccc(F)cc2)C1=O. The van der Waals surface area contributed by atoms with E-state index in [1.54, 1.807) is 12.1 Å². The zero-order valence-corrected chi connectivity index (χ0v) is 18.6. The van der Waals surface area contributed by atoms with Gasteiger partial charge in [-0.2, -0.15) is 5.26 Å². The van der Waals surface area contributed by atoms with Gasteiger partial charge in [-0.3, -0.25) is 14.5 Å². The highest BCUT2D eigenvalue weighted by atomic mass is 32.2. The van der Waals surface area contributed by atoms with E-state index in [2.05, 4.69) is 5.32 Å². The summed E-state index contributed by atoms with van der Waals surface area (Å²) in [4.78, 5) is 27.6. The van der Waals surface area contributed by atoms with Crippen LogP contribution in [0.2, 0.25) is 0 Å². The zero-order chi connectivity index (χ0) is 23.4. The lowest BCUT2D eigenvalue weighted by atomic mass is 10.0. The van der Waals surface area contributed by atoms with E-state index in [0.717, 1.165) is 11.1 Å². The molecule has 2 amide bonds. The summed E-state index contributed by atoms with van der Waals surface area (Å²) in [7, 11) is 0. The van der Waals surface area contributed by atoms with Crippen molar-refractivity contribution in [3.8, 4) is 6.07 Å². The van der Waals surface area contributed by atoms with Crippen LogP contribution < -0.4 is 10.2 Å². The lowest BCUT2D eigenvalue weighted by molar-refractivity contribution is -0.117. The van der Waals surface area contributed by atoms with Gasteiger partial charge in [-0.25, -0.2) is 4.39 Å². The van der Waals surface area contributed by atoms with E-state index in [4.69, 9.17) is 4.42 Å². The molecule has 0 radical (unpaired) electrons. The van der Waals surface area contributed by atoms with Crippen molar-refractivity contribution >= 4 is 29.3 Å². The molecule has 0 spiro atoms. The molecule has 33 heavy (non-hydrogen) atoms. The Morgan fingerprint density at radius 2 is 1.94 bits per heavy atom. The number of nitrogens with one attached hydrogen (secondary N) is 1. The number of halogens is 1. The van der Waals surface area contributed by atoms with Crippen molar-refractivity contribution in [1.29, 1.82) is 5.26 Å². The molecule has 1 saturated heterocycles. The van der Waals surface area contributed by atoms with Gasteiger partial charge in [0.1, 0.15) is 28.2 Å². The molecule has 0 saturated carbocycles. The van der Waals surface area contributed by atoms with E-state index in [1.807, 2.05) is 37.3 Å². The smallest absolute Gasteiger partial charge is 0.265 e. The maximum absolute atomic E-state index is 13.5. The van der Waals surface area contributed by atoms with Crippen LogP contribution >= 0.6 is 11.8 Å². The van der Waals surface area contributed by atoms with Crippen molar-refractivity contribution in [1.82, 2.24) is 5.32 Å². The van der Waals surface area contributed by atoms with Crippen LogP contribution in [-0.4, -0.2) is 17.1 Å². The summed E-state index contributed by atoms with van der Waals surface area (Å²) in [6, 6.07) is 18.5. The molecule has 0 aliphatic carbocycles. The fourth-order valence-electron chi connectivity index (χ4n) is 3.52. The number of benzene rings is 2. The molecule has 2 heterocycles. The van der Waals surface area contributed by atoms with Gasteiger partial charge in [0.15, 0.2) is 0 Å². The van der Waals surface area contributed by atoms with Gasteiger partial charge in [-0.05, 0) is 60.9 Å². The fourth-order valence-corrected chi connectivity index (χ4v) is 4.82. The van der Waals surface area contributed by atoms with Crippen LogP contribution in [-0.2, 0) is 22.6 Å². The van der Waals surface area contributed by atoms with E-state index >= 15 is 0 Å². The van der Waals surface area contributed by atoms with Crippen LogP contribution in [0.25, 0.3) is 0 Å². The zero-order valence-electron chi connectivity index (χ0n) is 17.7. The van der Waals surface area contributed by atoms with Crippen LogP contribution in [0.1, 0.15) is 16.9 Å². The first-order valence-corrected chi connectivity index (χ1v) is 11.1. The number of carbonyl (C=O) groups excluding carboxylic acids is 2. The van der Waals surface area contributed by atoms with Crippen LogP contribution in [0.15, 0.2) is 81.9 Å². The molecule has 2 aromatic carbocycles. The topological polar surface area (TPSA) is 86.3 Å². The second-order valence-corrected chi connectivity index (χ2v) is 8.63. The molecule has 1 aromatic heterocycles. The number of carbonyl (C=O) groups is 2. The molecule has 1 aliphatic heterocycles. The first-order valence-electron chi connectivity index (χ1n) is 10.2. The monoisotopic (exact) mass is 461 g/mol. The highest BCUT2D eigenvalue weighted by Gasteiger charge is 2.41. The second-order valence-electron chi connectivity index (χ2n) is 7.44. The molecule has 1 N–H and O–H groups in total. The van der Waals surface area contributed by atoms with Gasteiger partial charge in [-0.1, -0.05) is 36.0 Å². The molecular weight excluding hydrogens is 441 g/mol. The minimum absolute atomic E-state index is 0.103. The number of furan rings is 1. The Morgan fingerprint density at radius 1 is 1.18 bits per heavy atom. The summed E-state index contributed by atoms with van der Waals surface area (Å²) in [5, 5.41) is 12.2. The summed E-state index contributed by atoms with van der Waals surface area (Å²) >= 11 is 1.17. The first kappa shape index (κ1) is 22.4. The molecule has 166 valence electrons. The molecule has 1 unspecified atom stereocenters. The van der Waals surface area contributed by atoms with Crippen LogP contribution in [0.3, 0.4) is 0 Å². The minimum atomic E-state index is -0.618. The summed E-state index contributed by atoms with van der Waals surface area (Å²) < 4.78 is 18.7. The Balaban J connectivity index is 1.69. The Labute approximate surface area is 194 Å². The van der Waals surface area contributed by atoms with Gasteiger partial charge in [0.2, 0.25) is 5.91 Å². The average molecular weight is 462 g/mol. The van der Waals surface area contributed by atoms with Crippen LogP contribution in [0, 0.1) is 24.1 Å². The summed E-state index contributed by atoms with van der Waals surface area (Å²) in [6.07, 6.45) is 1.92. The molecule has 1 fully saturated rings. The number of rotatable bonds is 6. The van der Waals surface area contributed by atoms with Crippen molar-refractivity contribution in [3.05, 3.63) is 100 Å². The lowest BCUT2D eigenvalue weighted by Crippen LogP contribution is -2.32. The number of aryl methyl sites for hydroxylation is 1. The van der Waals surface area contributed by atoms with Gasteiger partial charge in [-0.15, -0.1) is 0 Å². The molecule has 0 bridgehead atoms. The third kappa shape index (κ3) is 4.83. The third-order valence-electron chi connectivity index (χ3n) is 5.26. The number of hydrogen-bond acceptors (Lipinski definition) is 5. The summed E-state index contributed by atoms with van der Waals surface area (Å²) in [5.74, 6) is -0.797. The molecule has 3 aromatic rings. The highest BCUT2D eigenvalue weighted by molar-refractivity contribution is 8.05. The van der Waals surface area contributed by atoms with E-state index in [9.17, 15) is 19.2 Å². The molecule has 8 heteroatoms. The molecule has 1 atom stereocenters. The van der Waals surface area contributed by atoms with Crippen molar-refractivity contribution in [2.24, 2.45) is 0 Å². The van der Waals surface area contributed by atoms with Gasteiger partial charge in [0.05, 0.1) is 18.1 Å². The predicted octanol–water partition coefficient (Wildman–Crippen LogP) is 4.47. The Hall–Kier alpha value is -3.83. The van der Waals surface area contributed by atoms with Crippen LogP contribution in [0.4, 0.5) is 10.1 Å². The summed E-state index contributed by atoms with van der Waals surface area (Å²) in [6.45, 7) is 2.07. The van der Waals surface area contributed by atoms with Crippen molar-refractivity contribution in [3.63, 3.8) is 0 Å². The number of hydrogen-bond donors (Lipinski definition) is 1. The lowest BCUT2D eigenvalue weighted by Gasteiger charge is -2.18. The normalized spacial score (nSPS) is 17.1. The average Bonchev–Trinajstić information content (AvgIpc) is 3.44. The van der Waals surface area contributed by atoms with Gasteiger partial charge in [0, 0.05) is 5.69 Å². The molecule has 4 rings (SSSR count). The minimum Gasteiger partial charge on any atom is -0.467 e. The van der Waals surface area contributed by atoms with E-state index in [-0.39, 0.29) is 23.1 Å². The number of nitrogens with zero attached hydrogens (tertiary/aromatic N) is 2. The van der Waals surface area contributed by atoms with Crippen LogP contribution in [0.5, 0.6) is 0 Å². The quantitative estimate of drug-likeness (QED) is 0.432. The first-order chi connectivity index (χ1) is 16.0. The molecule has 1 aliphatic rings. The fraction of sp³-hybridized carbons (Fsp3) is 0.160. The summed E-state index contributed by atoms with van der Waals surface area (Å²) in [5.41, 5.74) is 2.26.